The fraction of sp³-hybridized carbons (Fsp3) is 0.500. The van der Waals surface area contributed by atoms with Gasteiger partial charge in [-0.3, -0.25) is 9.69 Å². The van der Waals surface area contributed by atoms with Crippen LogP contribution in [0.15, 0.2) is 41.1 Å². The van der Waals surface area contributed by atoms with Crippen LogP contribution in [-0.4, -0.2) is 46.6 Å². The minimum atomic E-state index is -1.29. The molecular formula is C22H30N2O2S. The highest BCUT2D eigenvalue weighted by molar-refractivity contribution is 7.07. The van der Waals surface area contributed by atoms with Crippen molar-refractivity contribution in [1.82, 2.24) is 9.80 Å². The summed E-state index contributed by atoms with van der Waals surface area (Å²) in [5.41, 5.74) is 2.34. The van der Waals surface area contributed by atoms with Crippen molar-refractivity contribution in [2.45, 2.75) is 51.3 Å². The zero-order valence-corrected chi connectivity index (χ0v) is 17.3. The lowest BCUT2D eigenvalue weighted by atomic mass is 9.90. The molecule has 0 radical (unpaired) electrons. The molecule has 0 bridgehead atoms. The number of amides is 1. The van der Waals surface area contributed by atoms with Gasteiger partial charge in [-0.15, -0.1) is 0 Å². The largest absolute Gasteiger partial charge is 0.379 e. The second-order valence-corrected chi connectivity index (χ2v) is 8.84. The van der Waals surface area contributed by atoms with Crippen molar-refractivity contribution in [3.05, 3.63) is 57.8 Å². The number of thiophene rings is 1. The monoisotopic (exact) mass is 386 g/mol. The Morgan fingerprint density at radius 2 is 1.96 bits per heavy atom. The van der Waals surface area contributed by atoms with Crippen molar-refractivity contribution < 1.29 is 9.90 Å². The van der Waals surface area contributed by atoms with Gasteiger partial charge in [-0.1, -0.05) is 38.1 Å². The predicted molar refractivity (Wildman–Crippen MR) is 111 cm³/mol. The van der Waals surface area contributed by atoms with Crippen LogP contribution in [0.4, 0.5) is 0 Å². The number of hydrogen-bond acceptors (Lipinski definition) is 4. The molecule has 27 heavy (non-hydrogen) atoms. The summed E-state index contributed by atoms with van der Waals surface area (Å²) in [6, 6.07) is 10.5. The van der Waals surface area contributed by atoms with E-state index in [2.05, 4.69) is 54.9 Å². The normalized spacial score (nSPS) is 20.7. The quantitative estimate of drug-likeness (QED) is 0.786. The van der Waals surface area contributed by atoms with Crippen LogP contribution in [0, 0.1) is 0 Å². The minimum Gasteiger partial charge on any atom is -0.379 e. The van der Waals surface area contributed by atoms with E-state index >= 15 is 0 Å². The van der Waals surface area contributed by atoms with Gasteiger partial charge in [0.1, 0.15) is 0 Å². The van der Waals surface area contributed by atoms with E-state index in [4.69, 9.17) is 0 Å². The van der Waals surface area contributed by atoms with Crippen molar-refractivity contribution in [1.29, 1.82) is 0 Å². The number of likely N-dealkylation sites (N-methyl/N-ethyl adjacent to an activating group) is 1. The van der Waals surface area contributed by atoms with E-state index < -0.39 is 5.60 Å². The van der Waals surface area contributed by atoms with Crippen LogP contribution in [0.5, 0.6) is 0 Å². The van der Waals surface area contributed by atoms with Gasteiger partial charge in [0.25, 0.3) is 5.91 Å². The fourth-order valence-corrected chi connectivity index (χ4v) is 4.45. The van der Waals surface area contributed by atoms with Crippen molar-refractivity contribution in [2.75, 3.05) is 20.1 Å². The molecule has 146 valence electrons. The van der Waals surface area contributed by atoms with E-state index in [-0.39, 0.29) is 5.91 Å². The summed E-state index contributed by atoms with van der Waals surface area (Å²) >= 11 is 1.67. The number of piperidine rings is 1. The highest BCUT2D eigenvalue weighted by atomic mass is 32.1. The number of aliphatic hydroxyl groups is 1. The van der Waals surface area contributed by atoms with E-state index in [0.717, 1.165) is 18.5 Å². The molecular weight excluding hydrogens is 356 g/mol. The van der Waals surface area contributed by atoms with Crippen LogP contribution in [-0.2, 0) is 17.9 Å². The van der Waals surface area contributed by atoms with Gasteiger partial charge in [0.15, 0.2) is 5.60 Å². The van der Waals surface area contributed by atoms with E-state index in [1.165, 1.54) is 11.1 Å². The summed E-state index contributed by atoms with van der Waals surface area (Å²) < 4.78 is 0. The first-order chi connectivity index (χ1) is 12.9. The Morgan fingerprint density at radius 3 is 2.59 bits per heavy atom. The van der Waals surface area contributed by atoms with Gasteiger partial charge in [0.05, 0.1) is 0 Å². The molecule has 2 aromatic rings. The summed E-state index contributed by atoms with van der Waals surface area (Å²) in [4.78, 5) is 16.9. The third-order valence-corrected chi connectivity index (χ3v) is 6.02. The van der Waals surface area contributed by atoms with Gasteiger partial charge in [0.2, 0.25) is 0 Å². The molecule has 5 heteroatoms. The summed E-state index contributed by atoms with van der Waals surface area (Å²) in [5, 5.41) is 15.2. The standard InChI is InChI=1S/C22H30N2O2S/c1-17(2)20-7-5-18(6-8-20)14-24-11-4-10-22(26,21(24)25)16-23(3)13-19-9-12-27-15-19/h5-9,12,15,17,26H,4,10-11,13-14,16H2,1-3H3/t22-/m1/s1. The van der Waals surface area contributed by atoms with Gasteiger partial charge >= 0.3 is 0 Å². The molecule has 1 amide bonds. The molecule has 1 aliphatic rings. The van der Waals surface area contributed by atoms with Gasteiger partial charge in [-0.25, -0.2) is 0 Å². The maximum absolute atomic E-state index is 13.0. The Bertz CT molecular complexity index is 742. The maximum Gasteiger partial charge on any atom is 0.256 e. The van der Waals surface area contributed by atoms with Crippen molar-refractivity contribution in [2.24, 2.45) is 0 Å². The Labute approximate surface area is 166 Å². The van der Waals surface area contributed by atoms with E-state index in [0.29, 0.717) is 32.0 Å². The third kappa shape index (κ3) is 4.98. The smallest absolute Gasteiger partial charge is 0.256 e. The van der Waals surface area contributed by atoms with Gasteiger partial charge in [-0.05, 0) is 59.3 Å². The molecule has 0 unspecified atom stereocenters. The first-order valence-corrected chi connectivity index (χ1v) is 10.6. The first kappa shape index (κ1) is 20.1. The lowest BCUT2D eigenvalue weighted by molar-refractivity contribution is -0.160. The van der Waals surface area contributed by atoms with Crippen LogP contribution in [0.2, 0.25) is 0 Å². The van der Waals surface area contributed by atoms with Gasteiger partial charge < -0.3 is 10.0 Å². The average Bonchev–Trinajstić information content (AvgIpc) is 3.12. The topological polar surface area (TPSA) is 43.8 Å². The summed E-state index contributed by atoms with van der Waals surface area (Å²) in [7, 11) is 1.96. The molecule has 1 aliphatic heterocycles. The number of hydrogen-bond donors (Lipinski definition) is 1. The average molecular weight is 387 g/mol. The SMILES string of the molecule is CC(C)c1ccc(CN2CCC[C@@](O)(CN(C)Cc3ccsc3)C2=O)cc1. The van der Waals surface area contributed by atoms with Gasteiger partial charge in [-0.2, -0.15) is 11.3 Å². The first-order valence-electron chi connectivity index (χ1n) is 9.67. The zero-order chi connectivity index (χ0) is 19.4. The van der Waals surface area contributed by atoms with E-state index in [1.807, 2.05) is 16.8 Å². The Kier molecular flexibility index (Phi) is 6.35. The zero-order valence-electron chi connectivity index (χ0n) is 16.5. The lowest BCUT2D eigenvalue weighted by Crippen LogP contribution is -2.57. The number of benzene rings is 1. The molecule has 3 rings (SSSR count). The third-order valence-electron chi connectivity index (χ3n) is 5.29. The number of nitrogens with zero attached hydrogens (tertiary/aromatic N) is 2. The highest BCUT2D eigenvalue weighted by Gasteiger charge is 2.42. The molecule has 1 aromatic heterocycles. The van der Waals surface area contributed by atoms with Crippen LogP contribution >= 0.6 is 11.3 Å². The second-order valence-electron chi connectivity index (χ2n) is 8.06. The molecule has 0 aliphatic carbocycles. The molecule has 1 fully saturated rings. The molecule has 2 heterocycles. The minimum absolute atomic E-state index is 0.140. The molecule has 0 saturated carbocycles. The number of carbonyl (C=O) groups excluding carboxylic acids is 1. The van der Waals surface area contributed by atoms with Crippen LogP contribution in [0.1, 0.15) is 49.3 Å². The summed E-state index contributed by atoms with van der Waals surface area (Å²) in [5.74, 6) is 0.360. The molecule has 1 N–H and O–H groups in total. The fourth-order valence-electron chi connectivity index (χ4n) is 3.79. The van der Waals surface area contributed by atoms with E-state index in [1.54, 1.807) is 11.3 Å². The number of carbonyl (C=O) groups is 1. The molecule has 1 aromatic carbocycles. The second kappa shape index (κ2) is 8.55. The van der Waals surface area contributed by atoms with Crippen molar-refractivity contribution in [3.8, 4) is 0 Å². The van der Waals surface area contributed by atoms with Crippen molar-refractivity contribution in [3.63, 3.8) is 0 Å². The van der Waals surface area contributed by atoms with Gasteiger partial charge in [0, 0.05) is 26.2 Å². The number of likely N-dealkylation sites (tertiary alicyclic amines) is 1. The lowest BCUT2D eigenvalue weighted by Gasteiger charge is -2.40. The molecule has 1 atom stereocenters. The predicted octanol–water partition coefficient (Wildman–Crippen LogP) is 3.86. The highest BCUT2D eigenvalue weighted by Crippen LogP contribution is 2.26. The van der Waals surface area contributed by atoms with Crippen LogP contribution < -0.4 is 0 Å². The molecule has 0 spiro atoms. The molecule has 1 saturated heterocycles. The summed E-state index contributed by atoms with van der Waals surface area (Å²) in [6.45, 7) is 6.74. The van der Waals surface area contributed by atoms with Crippen LogP contribution in [0.25, 0.3) is 0 Å². The Morgan fingerprint density at radius 1 is 1.22 bits per heavy atom. The van der Waals surface area contributed by atoms with Crippen molar-refractivity contribution >= 4 is 17.2 Å². The molecule has 4 nitrogen and oxygen atoms in total. The Hall–Kier alpha value is -1.69. The van der Waals surface area contributed by atoms with Crippen LogP contribution in [0.3, 0.4) is 0 Å². The Balaban J connectivity index is 1.63. The number of rotatable bonds is 7. The maximum atomic E-state index is 13.0. The summed E-state index contributed by atoms with van der Waals surface area (Å²) in [6.07, 6.45) is 1.36. The van der Waals surface area contributed by atoms with E-state index in [9.17, 15) is 9.90 Å².